The Bertz CT molecular complexity index is 1240. The number of fused-ring (bicyclic) bond motifs is 1. The van der Waals surface area contributed by atoms with E-state index in [1.54, 1.807) is 20.8 Å². The van der Waals surface area contributed by atoms with Crippen molar-refractivity contribution in [3.05, 3.63) is 84.4 Å². The van der Waals surface area contributed by atoms with Crippen LogP contribution in [0.1, 0.15) is 42.7 Å². The van der Waals surface area contributed by atoms with Gasteiger partial charge in [-0.1, -0.05) is 47.6 Å². The summed E-state index contributed by atoms with van der Waals surface area (Å²) in [5.41, 5.74) is 2.14. The van der Waals surface area contributed by atoms with E-state index in [0.29, 0.717) is 38.6 Å². The molecule has 4 rings (SSSR count). The first-order valence-corrected chi connectivity index (χ1v) is 12.3. The molecule has 0 saturated heterocycles. The van der Waals surface area contributed by atoms with E-state index in [1.165, 1.54) is 23.1 Å². The summed E-state index contributed by atoms with van der Waals surface area (Å²) < 4.78 is 5.48. The van der Waals surface area contributed by atoms with Crippen LogP contribution in [0.3, 0.4) is 0 Å². The van der Waals surface area contributed by atoms with Crippen molar-refractivity contribution in [2.75, 3.05) is 5.32 Å². The summed E-state index contributed by atoms with van der Waals surface area (Å²) in [5, 5.41) is 6.23. The third kappa shape index (κ3) is 4.62. The normalized spacial score (nSPS) is 15.5. The lowest BCUT2D eigenvalue weighted by Gasteiger charge is -2.28. The average molecular weight is 488 g/mol. The number of allylic oxidation sites excluding steroid dienone is 1. The number of benzene rings is 1. The zero-order valence-electron chi connectivity index (χ0n) is 17.8. The van der Waals surface area contributed by atoms with Gasteiger partial charge in [0.1, 0.15) is 5.82 Å². The van der Waals surface area contributed by atoms with Gasteiger partial charge in [0.15, 0.2) is 5.16 Å². The average Bonchev–Trinajstić information content (AvgIpc) is 3.26. The third-order valence-corrected chi connectivity index (χ3v) is 7.16. The van der Waals surface area contributed by atoms with Gasteiger partial charge in [0.2, 0.25) is 0 Å². The maximum Gasteiger partial charge on any atom is 0.337 e. The standard InChI is InChI=1S/C23H22ClN3O3S2/c1-12(2)30-22(29)17-13(3)25-20-19(18(17)16-9-6-10-31-16)21(28)27-23(26-20)32-11-14-7-4-5-8-15(14)24/h4-10,12,18H,11H2,1-3H3,(H2,25,26,27,28). The number of hydrogen-bond donors (Lipinski definition) is 2. The number of thioether (sulfide) groups is 1. The van der Waals surface area contributed by atoms with Gasteiger partial charge in [-0.25, -0.2) is 9.78 Å². The maximum atomic E-state index is 13.2. The molecule has 2 N–H and O–H groups in total. The summed E-state index contributed by atoms with van der Waals surface area (Å²) >= 11 is 9.13. The van der Waals surface area contributed by atoms with Crippen molar-refractivity contribution in [1.82, 2.24) is 9.97 Å². The largest absolute Gasteiger partial charge is 0.460 e. The summed E-state index contributed by atoms with van der Waals surface area (Å²) in [6, 6.07) is 11.4. The number of hydrogen-bond acceptors (Lipinski definition) is 7. The molecule has 166 valence electrons. The second kappa shape index (κ2) is 9.52. The highest BCUT2D eigenvalue weighted by molar-refractivity contribution is 7.98. The molecule has 2 aromatic heterocycles. The zero-order valence-corrected chi connectivity index (χ0v) is 20.2. The van der Waals surface area contributed by atoms with Gasteiger partial charge < -0.3 is 15.0 Å². The number of carbonyl (C=O) groups is 1. The lowest BCUT2D eigenvalue weighted by Crippen LogP contribution is -2.31. The summed E-state index contributed by atoms with van der Waals surface area (Å²) in [6.45, 7) is 5.41. The molecule has 9 heteroatoms. The summed E-state index contributed by atoms with van der Waals surface area (Å²) in [7, 11) is 0. The van der Waals surface area contributed by atoms with Crippen molar-refractivity contribution in [2.45, 2.75) is 43.7 Å². The van der Waals surface area contributed by atoms with E-state index in [4.69, 9.17) is 16.3 Å². The predicted molar refractivity (Wildman–Crippen MR) is 130 cm³/mol. The van der Waals surface area contributed by atoms with Gasteiger partial charge in [-0.3, -0.25) is 4.79 Å². The number of ether oxygens (including phenoxy) is 1. The molecule has 3 aromatic rings. The van der Waals surface area contributed by atoms with E-state index < -0.39 is 11.9 Å². The molecule has 1 aliphatic rings. The molecular formula is C23H22ClN3O3S2. The molecule has 0 fully saturated rings. The van der Waals surface area contributed by atoms with Crippen LogP contribution in [-0.4, -0.2) is 22.0 Å². The van der Waals surface area contributed by atoms with Gasteiger partial charge in [0.25, 0.3) is 5.56 Å². The van der Waals surface area contributed by atoms with Crippen molar-refractivity contribution in [3.63, 3.8) is 0 Å². The Balaban J connectivity index is 1.72. The second-order valence-electron chi connectivity index (χ2n) is 7.58. The molecule has 0 aliphatic carbocycles. The number of nitrogens with zero attached hydrogens (tertiary/aromatic N) is 1. The Morgan fingerprint density at radius 2 is 2.06 bits per heavy atom. The molecular weight excluding hydrogens is 466 g/mol. The zero-order chi connectivity index (χ0) is 22.8. The van der Waals surface area contributed by atoms with Gasteiger partial charge >= 0.3 is 5.97 Å². The van der Waals surface area contributed by atoms with Crippen LogP contribution in [0.5, 0.6) is 0 Å². The van der Waals surface area contributed by atoms with Crippen LogP contribution in [0, 0.1) is 0 Å². The van der Waals surface area contributed by atoms with Crippen LogP contribution in [0.25, 0.3) is 0 Å². The summed E-state index contributed by atoms with van der Waals surface area (Å²) in [6.07, 6.45) is -0.270. The minimum absolute atomic E-state index is 0.270. The predicted octanol–water partition coefficient (Wildman–Crippen LogP) is 5.56. The highest BCUT2D eigenvalue weighted by Crippen LogP contribution is 2.42. The van der Waals surface area contributed by atoms with Crippen LogP contribution >= 0.6 is 34.7 Å². The minimum atomic E-state index is -0.545. The first kappa shape index (κ1) is 22.6. The number of halogens is 1. The van der Waals surface area contributed by atoms with Crippen LogP contribution < -0.4 is 10.9 Å². The molecule has 0 spiro atoms. The molecule has 3 heterocycles. The van der Waals surface area contributed by atoms with Crippen molar-refractivity contribution < 1.29 is 9.53 Å². The van der Waals surface area contributed by atoms with Crippen molar-refractivity contribution in [1.29, 1.82) is 0 Å². The van der Waals surface area contributed by atoms with Crippen molar-refractivity contribution in [3.8, 4) is 0 Å². The molecule has 1 unspecified atom stereocenters. The van der Waals surface area contributed by atoms with Crippen LogP contribution in [0.4, 0.5) is 5.82 Å². The molecule has 1 aliphatic heterocycles. The Morgan fingerprint density at radius 3 is 2.75 bits per heavy atom. The molecule has 0 saturated carbocycles. The highest BCUT2D eigenvalue weighted by atomic mass is 35.5. The Morgan fingerprint density at radius 1 is 1.28 bits per heavy atom. The van der Waals surface area contributed by atoms with E-state index in [-0.39, 0.29) is 11.7 Å². The van der Waals surface area contributed by atoms with Crippen LogP contribution in [-0.2, 0) is 15.3 Å². The quantitative estimate of drug-likeness (QED) is 0.269. The number of thiophene rings is 1. The number of rotatable bonds is 6. The summed E-state index contributed by atoms with van der Waals surface area (Å²) in [5.74, 6) is 0.0330. The van der Waals surface area contributed by atoms with Gasteiger partial charge in [0, 0.05) is 21.3 Å². The van der Waals surface area contributed by atoms with Crippen LogP contribution in [0.15, 0.2) is 63.0 Å². The Kier molecular flexibility index (Phi) is 6.74. The monoisotopic (exact) mass is 487 g/mol. The van der Waals surface area contributed by atoms with Crippen molar-refractivity contribution in [2.24, 2.45) is 0 Å². The summed E-state index contributed by atoms with van der Waals surface area (Å²) in [4.78, 5) is 34.6. The molecule has 32 heavy (non-hydrogen) atoms. The lowest BCUT2D eigenvalue weighted by molar-refractivity contribution is -0.142. The van der Waals surface area contributed by atoms with Gasteiger partial charge in [-0.15, -0.1) is 11.3 Å². The van der Waals surface area contributed by atoms with Gasteiger partial charge in [-0.2, -0.15) is 0 Å². The van der Waals surface area contributed by atoms with E-state index in [1.807, 2.05) is 41.8 Å². The number of aromatic amines is 1. The minimum Gasteiger partial charge on any atom is -0.460 e. The fourth-order valence-electron chi connectivity index (χ4n) is 3.55. The fourth-order valence-corrected chi connectivity index (χ4v) is 5.54. The first-order chi connectivity index (χ1) is 15.3. The maximum absolute atomic E-state index is 13.2. The molecule has 6 nitrogen and oxygen atoms in total. The molecule has 0 radical (unpaired) electrons. The highest BCUT2D eigenvalue weighted by Gasteiger charge is 2.37. The van der Waals surface area contributed by atoms with Gasteiger partial charge in [-0.05, 0) is 43.8 Å². The molecule has 1 atom stereocenters. The number of nitrogens with one attached hydrogen (secondary N) is 2. The van der Waals surface area contributed by atoms with E-state index in [9.17, 15) is 9.59 Å². The Hall–Kier alpha value is -2.55. The molecule has 0 bridgehead atoms. The fraction of sp³-hybridized carbons (Fsp3) is 0.261. The smallest absolute Gasteiger partial charge is 0.337 e. The molecule has 1 aromatic carbocycles. The van der Waals surface area contributed by atoms with E-state index >= 15 is 0 Å². The third-order valence-electron chi connectivity index (χ3n) is 4.93. The Labute approximate surface area is 199 Å². The SMILES string of the molecule is CC1=C(C(=O)OC(C)C)C(c2cccs2)c2c(nc(SCc3ccccc3Cl)[nH]c2=O)N1. The first-order valence-electron chi connectivity index (χ1n) is 10.1. The van der Waals surface area contributed by atoms with Gasteiger partial charge in [0.05, 0.1) is 23.2 Å². The van der Waals surface area contributed by atoms with E-state index in [0.717, 1.165) is 10.4 Å². The van der Waals surface area contributed by atoms with Crippen LogP contribution in [0.2, 0.25) is 5.02 Å². The number of esters is 1. The number of anilines is 1. The lowest BCUT2D eigenvalue weighted by atomic mass is 9.86. The molecule has 0 amide bonds. The second-order valence-corrected chi connectivity index (χ2v) is 9.93. The number of aromatic nitrogens is 2. The topological polar surface area (TPSA) is 84.1 Å². The number of carbonyl (C=O) groups excluding carboxylic acids is 1. The van der Waals surface area contributed by atoms with Crippen molar-refractivity contribution >= 4 is 46.5 Å². The number of H-pyrrole nitrogens is 1. The van der Waals surface area contributed by atoms with E-state index in [2.05, 4.69) is 15.3 Å².